The van der Waals surface area contributed by atoms with Crippen LogP contribution in [0.4, 0.5) is 0 Å². The van der Waals surface area contributed by atoms with Gasteiger partial charge in [0.25, 0.3) is 0 Å². The minimum Gasteiger partial charge on any atom is -0.475 e. The molecule has 0 unspecified atom stereocenters. The van der Waals surface area contributed by atoms with Crippen molar-refractivity contribution in [3.8, 4) is 0 Å². The number of carboxylic acid groups (broad SMARTS) is 1. The highest BCUT2D eigenvalue weighted by molar-refractivity contribution is 6.35. The third-order valence-electron chi connectivity index (χ3n) is 2.93. The van der Waals surface area contributed by atoms with Crippen molar-refractivity contribution in [2.45, 2.75) is 46.6 Å². The van der Waals surface area contributed by atoms with Crippen LogP contribution in [0.15, 0.2) is 0 Å². The van der Waals surface area contributed by atoms with E-state index >= 15 is 0 Å². The number of carboxylic acids is 1. The smallest absolute Gasteiger partial charge is 0.372 e. The number of carbonyl (C=O) groups is 2. The van der Waals surface area contributed by atoms with Crippen molar-refractivity contribution < 1.29 is 19.4 Å². The lowest BCUT2D eigenvalue weighted by molar-refractivity contribution is -0.165. The predicted molar refractivity (Wildman–Crippen MR) is 56.7 cm³/mol. The normalized spacial score (nSPS) is 12.6. The molecule has 0 fully saturated rings. The molecule has 0 aliphatic rings. The first-order valence-electron chi connectivity index (χ1n) is 5.08. The zero-order chi connectivity index (χ0) is 12.3. The highest BCUT2D eigenvalue weighted by Crippen LogP contribution is 2.34. The fraction of sp³-hybridized carbons (Fsp3) is 0.818. The largest absolute Gasteiger partial charge is 0.475 e. The summed E-state index contributed by atoms with van der Waals surface area (Å²) in [6.45, 7) is 9.15. The lowest BCUT2D eigenvalue weighted by Gasteiger charge is -2.38. The first-order valence-corrected chi connectivity index (χ1v) is 5.08. The molecule has 0 aliphatic heterocycles. The summed E-state index contributed by atoms with van der Waals surface area (Å²) in [6.07, 6.45) is 0.834. The summed E-state index contributed by atoms with van der Waals surface area (Å²) in [7, 11) is 0. The summed E-state index contributed by atoms with van der Waals surface area (Å²) in [5.41, 5.74) is -1.81. The molecule has 0 saturated carbocycles. The van der Waals surface area contributed by atoms with E-state index in [0.29, 0.717) is 6.61 Å². The number of hydrogen-bond donors (Lipinski definition) is 1. The molecule has 0 spiro atoms. The summed E-state index contributed by atoms with van der Waals surface area (Å²) in [4.78, 5) is 22.2. The Bertz CT molecular complexity index is 253. The quantitative estimate of drug-likeness (QED) is 0.688. The van der Waals surface area contributed by atoms with E-state index in [1.54, 1.807) is 27.7 Å². The van der Waals surface area contributed by atoms with Crippen LogP contribution in [0.3, 0.4) is 0 Å². The van der Waals surface area contributed by atoms with Gasteiger partial charge in [0, 0.05) is 6.61 Å². The van der Waals surface area contributed by atoms with Crippen LogP contribution in [0.1, 0.15) is 41.0 Å². The molecule has 0 saturated heterocycles. The van der Waals surface area contributed by atoms with Gasteiger partial charge in [-0.05, 0) is 34.1 Å². The predicted octanol–water partition coefficient (Wildman–Crippen LogP) is 1.87. The van der Waals surface area contributed by atoms with Crippen molar-refractivity contribution in [3.63, 3.8) is 0 Å². The van der Waals surface area contributed by atoms with Gasteiger partial charge in [-0.2, -0.15) is 0 Å². The first kappa shape index (κ1) is 14.1. The summed E-state index contributed by atoms with van der Waals surface area (Å²) >= 11 is 0. The van der Waals surface area contributed by atoms with Crippen molar-refractivity contribution in [2.75, 3.05) is 6.61 Å². The zero-order valence-electron chi connectivity index (χ0n) is 10.1. The third kappa shape index (κ3) is 3.02. The fourth-order valence-electron chi connectivity index (χ4n) is 1.08. The number of aliphatic carboxylic acids is 1. The second-order valence-corrected chi connectivity index (χ2v) is 4.62. The number of rotatable bonds is 6. The van der Waals surface area contributed by atoms with E-state index in [-0.39, 0.29) is 0 Å². The lowest BCUT2D eigenvalue weighted by Crippen LogP contribution is -2.49. The molecule has 1 N–H and O–H groups in total. The van der Waals surface area contributed by atoms with Gasteiger partial charge in [0.1, 0.15) is 0 Å². The highest BCUT2D eigenvalue weighted by Gasteiger charge is 2.46. The van der Waals surface area contributed by atoms with E-state index in [0.717, 1.165) is 6.42 Å². The molecule has 15 heavy (non-hydrogen) atoms. The number of carbonyl (C=O) groups excluding carboxylic acids is 1. The van der Waals surface area contributed by atoms with Gasteiger partial charge in [0.15, 0.2) is 0 Å². The minimum atomic E-state index is -1.41. The zero-order valence-corrected chi connectivity index (χ0v) is 10.1. The van der Waals surface area contributed by atoms with Crippen LogP contribution in [0.2, 0.25) is 0 Å². The van der Waals surface area contributed by atoms with E-state index in [4.69, 9.17) is 9.84 Å². The molecule has 0 aliphatic carbocycles. The van der Waals surface area contributed by atoms with Gasteiger partial charge in [-0.15, -0.1) is 0 Å². The Labute approximate surface area is 90.6 Å². The second kappa shape index (κ2) is 4.75. The van der Waals surface area contributed by atoms with Gasteiger partial charge in [0.2, 0.25) is 5.78 Å². The number of hydrogen-bond acceptors (Lipinski definition) is 3. The summed E-state index contributed by atoms with van der Waals surface area (Å²) in [5.74, 6) is -2.23. The van der Waals surface area contributed by atoms with Gasteiger partial charge in [-0.1, -0.05) is 6.92 Å². The summed E-state index contributed by atoms with van der Waals surface area (Å²) in [5, 5.41) is 8.70. The van der Waals surface area contributed by atoms with Crippen molar-refractivity contribution in [1.82, 2.24) is 0 Å². The minimum absolute atomic E-state index is 0.517. The number of ketones is 1. The molecule has 4 nitrogen and oxygen atoms in total. The third-order valence-corrected chi connectivity index (χ3v) is 2.93. The highest BCUT2D eigenvalue weighted by atomic mass is 16.5. The Balaban J connectivity index is 4.83. The Kier molecular flexibility index (Phi) is 4.46. The molecular formula is C11H20O4. The van der Waals surface area contributed by atoms with Crippen molar-refractivity contribution in [2.24, 2.45) is 5.41 Å². The summed E-state index contributed by atoms with van der Waals surface area (Å²) in [6, 6.07) is 0. The second-order valence-electron chi connectivity index (χ2n) is 4.62. The summed E-state index contributed by atoms with van der Waals surface area (Å²) < 4.78 is 5.53. The van der Waals surface area contributed by atoms with Crippen LogP contribution in [0.5, 0.6) is 0 Å². The van der Waals surface area contributed by atoms with Gasteiger partial charge < -0.3 is 9.84 Å². The topological polar surface area (TPSA) is 63.6 Å². The van der Waals surface area contributed by atoms with Gasteiger partial charge >= 0.3 is 5.97 Å². The van der Waals surface area contributed by atoms with Crippen LogP contribution in [-0.2, 0) is 14.3 Å². The Morgan fingerprint density at radius 3 is 2.00 bits per heavy atom. The molecule has 0 aromatic carbocycles. The van der Waals surface area contributed by atoms with Gasteiger partial charge in [0.05, 0.1) is 11.0 Å². The van der Waals surface area contributed by atoms with Crippen LogP contribution in [0.25, 0.3) is 0 Å². The maximum Gasteiger partial charge on any atom is 0.372 e. The first-order chi connectivity index (χ1) is 6.66. The fourth-order valence-corrected chi connectivity index (χ4v) is 1.08. The van der Waals surface area contributed by atoms with Gasteiger partial charge in [-0.25, -0.2) is 4.79 Å². The molecule has 4 heteroatoms. The van der Waals surface area contributed by atoms with E-state index in [2.05, 4.69) is 0 Å². The molecule has 0 radical (unpaired) electrons. The molecule has 88 valence electrons. The van der Waals surface area contributed by atoms with Crippen molar-refractivity contribution in [1.29, 1.82) is 0 Å². The van der Waals surface area contributed by atoms with Crippen LogP contribution < -0.4 is 0 Å². The lowest BCUT2D eigenvalue weighted by atomic mass is 9.73. The average molecular weight is 216 g/mol. The van der Waals surface area contributed by atoms with Gasteiger partial charge in [-0.3, -0.25) is 4.79 Å². The molecule has 0 rings (SSSR count). The Morgan fingerprint density at radius 1 is 1.20 bits per heavy atom. The Hall–Kier alpha value is -0.900. The molecule has 0 atom stereocenters. The number of ether oxygens (including phenoxy) is 1. The van der Waals surface area contributed by atoms with Crippen molar-refractivity contribution in [3.05, 3.63) is 0 Å². The standard InChI is InChI=1S/C11H20O4/c1-6-7-15-11(4,5)10(2,3)8(12)9(13)14/h6-7H2,1-5H3,(H,13,14). The van der Waals surface area contributed by atoms with E-state index in [9.17, 15) is 9.59 Å². The molecule has 0 bridgehead atoms. The van der Waals surface area contributed by atoms with Crippen molar-refractivity contribution >= 4 is 11.8 Å². The van der Waals surface area contributed by atoms with Crippen LogP contribution >= 0.6 is 0 Å². The number of Topliss-reactive ketones (excluding diaryl/α,β-unsaturated/α-hetero) is 1. The Morgan fingerprint density at radius 2 is 1.67 bits per heavy atom. The SMILES string of the molecule is CCCOC(C)(C)C(C)(C)C(=O)C(=O)O. The molecule has 0 amide bonds. The van der Waals surface area contributed by atoms with Crippen LogP contribution in [-0.4, -0.2) is 29.1 Å². The molecular weight excluding hydrogens is 196 g/mol. The molecule has 0 aromatic rings. The van der Waals surface area contributed by atoms with E-state index < -0.39 is 22.8 Å². The maximum atomic E-state index is 11.5. The maximum absolute atomic E-state index is 11.5. The van der Waals surface area contributed by atoms with Crippen LogP contribution in [0, 0.1) is 5.41 Å². The molecule has 0 aromatic heterocycles. The average Bonchev–Trinajstić information content (AvgIpc) is 2.13. The molecule has 0 heterocycles. The van der Waals surface area contributed by atoms with E-state index in [1.165, 1.54) is 0 Å². The monoisotopic (exact) mass is 216 g/mol. The van der Waals surface area contributed by atoms with E-state index in [1.807, 2.05) is 6.92 Å².